The minimum absolute atomic E-state index is 0.174. The zero-order valence-electron chi connectivity index (χ0n) is 15.7. The SMILES string of the molecule is COc1ccc(CCC(=O)NNC(=O)COc2ccccc2C#N)cc1OC. The Labute approximate surface area is 163 Å². The first kappa shape index (κ1) is 20.6. The van der Waals surface area contributed by atoms with Gasteiger partial charge >= 0.3 is 0 Å². The lowest BCUT2D eigenvalue weighted by Crippen LogP contribution is -2.43. The molecular formula is C20H21N3O5. The van der Waals surface area contributed by atoms with Gasteiger partial charge in [0, 0.05) is 6.42 Å². The van der Waals surface area contributed by atoms with Crippen molar-refractivity contribution in [1.82, 2.24) is 10.9 Å². The van der Waals surface area contributed by atoms with Gasteiger partial charge in [-0.25, -0.2) is 0 Å². The van der Waals surface area contributed by atoms with E-state index in [1.54, 1.807) is 50.6 Å². The monoisotopic (exact) mass is 383 g/mol. The average molecular weight is 383 g/mol. The molecule has 0 heterocycles. The molecule has 0 unspecified atom stereocenters. The van der Waals surface area contributed by atoms with Crippen LogP contribution in [0.25, 0.3) is 0 Å². The summed E-state index contributed by atoms with van der Waals surface area (Å²) in [6.45, 7) is -0.325. The second kappa shape index (κ2) is 10.4. The predicted molar refractivity (Wildman–Crippen MR) is 101 cm³/mol. The zero-order valence-corrected chi connectivity index (χ0v) is 15.7. The van der Waals surface area contributed by atoms with Gasteiger partial charge in [0.2, 0.25) is 5.91 Å². The Hall–Kier alpha value is -3.73. The van der Waals surface area contributed by atoms with Gasteiger partial charge in [0.1, 0.15) is 11.8 Å². The van der Waals surface area contributed by atoms with Crippen molar-refractivity contribution in [3.8, 4) is 23.3 Å². The highest BCUT2D eigenvalue weighted by Gasteiger charge is 2.09. The summed E-state index contributed by atoms with van der Waals surface area (Å²) in [5.74, 6) is 0.622. The average Bonchev–Trinajstić information content (AvgIpc) is 2.74. The van der Waals surface area contributed by atoms with Crippen molar-refractivity contribution in [1.29, 1.82) is 5.26 Å². The second-order valence-electron chi connectivity index (χ2n) is 5.68. The van der Waals surface area contributed by atoms with E-state index in [-0.39, 0.29) is 18.9 Å². The number of amides is 2. The minimum Gasteiger partial charge on any atom is -0.493 e. The number of hydrogen-bond donors (Lipinski definition) is 2. The molecule has 28 heavy (non-hydrogen) atoms. The van der Waals surface area contributed by atoms with E-state index in [0.717, 1.165) is 5.56 Å². The van der Waals surface area contributed by atoms with Crippen LogP contribution in [-0.4, -0.2) is 32.6 Å². The van der Waals surface area contributed by atoms with Crippen molar-refractivity contribution < 1.29 is 23.8 Å². The lowest BCUT2D eigenvalue weighted by atomic mass is 10.1. The minimum atomic E-state index is -0.535. The number of rotatable bonds is 8. The van der Waals surface area contributed by atoms with Crippen LogP contribution in [0.1, 0.15) is 17.5 Å². The van der Waals surface area contributed by atoms with Gasteiger partial charge in [0.25, 0.3) is 5.91 Å². The van der Waals surface area contributed by atoms with E-state index in [4.69, 9.17) is 19.5 Å². The molecule has 0 bridgehead atoms. The summed E-state index contributed by atoms with van der Waals surface area (Å²) in [5.41, 5.74) is 5.83. The molecule has 0 fully saturated rings. The number of carbonyl (C=O) groups is 2. The number of para-hydroxylation sites is 1. The molecule has 0 atom stereocenters. The van der Waals surface area contributed by atoms with Gasteiger partial charge < -0.3 is 14.2 Å². The molecule has 0 radical (unpaired) electrons. The molecule has 2 rings (SSSR count). The molecule has 2 aromatic rings. The van der Waals surface area contributed by atoms with Crippen molar-refractivity contribution in [3.05, 3.63) is 53.6 Å². The number of hydrogen-bond acceptors (Lipinski definition) is 6. The first-order chi connectivity index (χ1) is 13.6. The molecule has 0 aliphatic rings. The van der Waals surface area contributed by atoms with Crippen LogP contribution in [0.5, 0.6) is 17.2 Å². The molecule has 0 saturated carbocycles. The van der Waals surface area contributed by atoms with Crippen LogP contribution in [0.4, 0.5) is 0 Å². The van der Waals surface area contributed by atoms with Crippen LogP contribution in [-0.2, 0) is 16.0 Å². The summed E-state index contributed by atoms with van der Waals surface area (Å²) < 4.78 is 15.7. The second-order valence-corrected chi connectivity index (χ2v) is 5.68. The number of nitrogens with one attached hydrogen (secondary N) is 2. The molecule has 146 valence electrons. The van der Waals surface area contributed by atoms with Gasteiger partial charge in [-0.2, -0.15) is 5.26 Å². The van der Waals surface area contributed by atoms with Gasteiger partial charge in [0.05, 0.1) is 19.8 Å². The van der Waals surface area contributed by atoms with E-state index in [2.05, 4.69) is 10.9 Å². The third kappa shape index (κ3) is 5.92. The number of methoxy groups -OCH3 is 2. The molecule has 0 aliphatic carbocycles. The Kier molecular flexibility index (Phi) is 7.66. The molecule has 8 nitrogen and oxygen atoms in total. The summed E-state index contributed by atoms with van der Waals surface area (Å²) in [5, 5.41) is 8.97. The Morgan fingerprint density at radius 2 is 1.68 bits per heavy atom. The van der Waals surface area contributed by atoms with E-state index < -0.39 is 5.91 Å². The number of hydrazine groups is 1. The third-order valence-electron chi connectivity index (χ3n) is 3.80. The lowest BCUT2D eigenvalue weighted by Gasteiger charge is -2.11. The smallest absolute Gasteiger partial charge is 0.276 e. The van der Waals surface area contributed by atoms with Crippen molar-refractivity contribution in [2.45, 2.75) is 12.8 Å². The normalized spacial score (nSPS) is 9.75. The summed E-state index contributed by atoms with van der Waals surface area (Å²) in [7, 11) is 3.09. The largest absolute Gasteiger partial charge is 0.493 e. The summed E-state index contributed by atoms with van der Waals surface area (Å²) in [6.07, 6.45) is 0.641. The quantitative estimate of drug-likeness (QED) is 0.672. The van der Waals surface area contributed by atoms with E-state index in [1.807, 2.05) is 12.1 Å². The Morgan fingerprint density at radius 1 is 0.964 bits per heavy atom. The molecule has 2 aromatic carbocycles. The van der Waals surface area contributed by atoms with Crippen molar-refractivity contribution >= 4 is 11.8 Å². The van der Waals surface area contributed by atoms with Gasteiger partial charge in [0.15, 0.2) is 18.1 Å². The van der Waals surface area contributed by atoms with E-state index in [9.17, 15) is 9.59 Å². The molecule has 8 heteroatoms. The number of nitrogens with zero attached hydrogens (tertiary/aromatic N) is 1. The lowest BCUT2D eigenvalue weighted by molar-refractivity contribution is -0.130. The molecule has 0 aliphatic heterocycles. The third-order valence-corrected chi connectivity index (χ3v) is 3.80. The summed E-state index contributed by atoms with van der Waals surface area (Å²) in [6, 6.07) is 14.0. The molecule has 0 aromatic heterocycles. The maximum Gasteiger partial charge on any atom is 0.276 e. The number of aryl methyl sites for hydroxylation is 1. The highest BCUT2D eigenvalue weighted by molar-refractivity contribution is 5.82. The maximum absolute atomic E-state index is 11.9. The zero-order chi connectivity index (χ0) is 20.4. The van der Waals surface area contributed by atoms with Gasteiger partial charge in [-0.15, -0.1) is 0 Å². The van der Waals surface area contributed by atoms with Gasteiger partial charge in [-0.05, 0) is 36.2 Å². The number of carbonyl (C=O) groups excluding carboxylic acids is 2. The van der Waals surface area contributed by atoms with E-state index >= 15 is 0 Å². The fourth-order valence-corrected chi connectivity index (χ4v) is 2.36. The van der Waals surface area contributed by atoms with Gasteiger partial charge in [-0.3, -0.25) is 20.4 Å². The number of benzene rings is 2. The molecular weight excluding hydrogens is 362 g/mol. The summed E-state index contributed by atoms with van der Waals surface area (Å²) >= 11 is 0. The Bertz CT molecular complexity index is 876. The Balaban J connectivity index is 1.75. The van der Waals surface area contributed by atoms with Crippen LogP contribution in [0.15, 0.2) is 42.5 Å². The number of ether oxygens (including phenoxy) is 3. The van der Waals surface area contributed by atoms with Gasteiger partial charge in [-0.1, -0.05) is 18.2 Å². The molecule has 2 amide bonds. The van der Waals surface area contributed by atoms with Crippen LogP contribution < -0.4 is 25.1 Å². The highest BCUT2D eigenvalue weighted by atomic mass is 16.5. The fourth-order valence-electron chi connectivity index (χ4n) is 2.36. The van der Waals surface area contributed by atoms with Crippen LogP contribution in [0.2, 0.25) is 0 Å². The van der Waals surface area contributed by atoms with Crippen molar-refractivity contribution in [3.63, 3.8) is 0 Å². The standard InChI is InChI=1S/C20H21N3O5/c1-26-17-9-7-14(11-18(17)27-2)8-10-19(24)22-23-20(25)13-28-16-6-4-3-5-15(16)12-21/h3-7,9,11H,8,10,13H2,1-2H3,(H,22,24)(H,23,25). The van der Waals surface area contributed by atoms with E-state index in [0.29, 0.717) is 29.2 Å². The predicted octanol–water partition coefficient (Wildman–Crippen LogP) is 1.73. The highest BCUT2D eigenvalue weighted by Crippen LogP contribution is 2.27. The van der Waals surface area contributed by atoms with Crippen LogP contribution >= 0.6 is 0 Å². The van der Waals surface area contributed by atoms with E-state index in [1.165, 1.54) is 0 Å². The van der Waals surface area contributed by atoms with Crippen LogP contribution in [0.3, 0.4) is 0 Å². The van der Waals surface area contributed by atoms with Crippen molar-refractivity contribution in [2.75, 3.05) is 20.8 Å². The summed E-state index contributed by atoms with van der Waals surface area (Å²) in [4.78, 5) is 23.7. The Morgan fingerprint density at radius 3 is 2.39 bits per heavy atom. The number of nitriles is 1. The topological polar surface area (TPSA) is 110 Å². The van der Waals surface area contributed by atoms with Crippen molar-refractivity contribution in [2.24, 2.45) is 0 Å². The first-order valence-electron chi connectivity index (χ1n) is 8.48. The molecule has 0 saturated heterocycles. The van der Waals surface area contributed by atoms with Crippen LogP contribution in [0, 0.1) is 11.3 Å². The fraction of sp³-hybridized carbons (Fsp3) is 0.250. The maximum atomic E-state index is 11.9. The first-order valence-corrected chi connectivity index (χ1v) is 8.48. The molecule has 2 N–H and O–H groups in total. The molecule has 0 spiro atoms.